The molecule has 0 atom stereocenters. The van der Waals surface area contributed by atoms with E-state index in [9.17, 15) is 0 Å². The fraction of sp³-hybridized carbons (Fsp3) is 0.533. The Morgan fingerprint density at radius 2 is 1.65 bits per heavy atom. The molecule has 0 amide bonds. The second-order valence-corrected chi connectivity index (χ2v) is 4.70. The minimum atomic E-state index is 0.415. The average Bonchev–Trinajstić information content (AvgIpc) is 2.46. The molecule has 0 fully saturated rings. The molecule has 0 aromatic heterocycles. The zero-order valence-corrected chi connectivity index (χ0v) is 13.1. The predicted octanol–water partition coefficient (Wildman–Crippen LogP) is 2.20. The first-order valence-electron chi connectivity index (χ1n) is 7.00. The Morgan fingerprint density at radius 3 is 2.15 bits per heavy atom. The summed E-state index contributed by atoms with van der Waals surface area (Å²) in [5.41, 5.74) is 7.74. The maximum Gasteiger partial charge on any atom is 0.106 e. The number of hydrogen-bond donors (Lipinski definition) is 1. The minimum absolute atomic E-state index is 0.415. The van der Waals surface area contributed by atoms with Crippen LogP contribution in [0.1, 0.15) is 19.4 Å². The van der Waals surface area contributed by atoms with Crippen LogP contribution in [0.25, 0.3) is 0 Å². The second kappa shape index (κ2) is 9.69. The first-order chi connectivity index (χ1) is 9.70. The summed E-state index contributed by atoms with van der Waals surface area (Å²) in [4.78, 5) is 2.62. The van der Waals surface area contributed by atoms with Crippen LogP contribution in [0, 0.1) is 0 Å². The fourth-order valence-electron chi connectivity index (χ4n) is 1.95. The largest absolute Gasteiger partial charge is 0.389 e. The summed E-state index contributed by atoms with van der Waals surface area (Å²) in [6.45, 7) is 8.36. The van der Waals surface area contributed by atoms with Crippen molar-refractivity contribution in [3.63, 3.8) is 0 Å². The molecule has 0 aliphatic heterocycles. The van der Waals surface area contributed by atoms with Crippen LogP contribution in [0.15, 0.2) is 24.3 Å². The highest BCUT2D eigenvalue weighted by Crippen LogP contribution is 2.20. The van der Waals surface area contributed by atoms with Crippen LogP contribution in [-0.2, 0) is 9.47 Å². The van der Waals surface area contributed by atoms with Crippen molar-refractivity contribution >= 4 is 22.9 Å². The van der Waals surface area contributed by atoms with E-state index in [1.165, 1.54) is 0 Å². The predicted molar refractivity (Wildman–Crippen MR) is 87.5 cm³/mol. The molecule has 4 nitrogen and oxygen atoms in total. The lowest BCUT2D eigenvalue weighted by Crippen LogP contribution is -2.32. The van der Waals surface area contributed by atoms with Gasteiger partial charge in [0.05, 0.1) is 13.2 Å². The molecule has 5 heteroatoms. The molecule has 20 heavy (non-hydrogen) atoms. The van der Waals surface area contributed by atoms with E-state index in [2.05, 4.69) is 4.90 Å². The molecule has 0 aliphatic carbocycles. The molecular formula is C15H24N2O2S. The zero-order chi connectivity index (χ0) is 14.8. The molecule has 0 unspecified atom stereocenters. The number of hydrogen-bond acceptors (Lipinski definition) is 4. The number of thiocarbonyl (C=S) groups is 1. The van der Waals surface area contributed by atoms with Gasteiger partial charge in [0.25, 0.3) is 0 Å². The molecule has 1 aromatic rings. The molecule has 0 aliphatic rings. The van der Waals surface area contributed by atoms with E-state index < -0.39 is 0 Å². The van der Waals surface area contributed by atoms with Gasteiger partial charge >= 0.3 is 0 Å². The van der Waals surface area contributed by atoms with E-state index >= 15 is 0 Å². The van der Waals surface area contributed by atoms with E-state index in [4.69, 9.17) is 27.4 Å². The lowest BCUT2D eigenvalue weighted by atomic mass is 10.1. The van der Waals surface area contributed by atoms with Gasteiger partial charge in [0.15, 0.2) is 0 Å². The highest BCUT2D eigenvalue weighted by molar-refractivity contribution is 7.80. The van der Waals surface area contributed by atoms with Crippen LogP contribution in [-0.4, -0.2) is 44.5 Å². The number of rotatable bonds is 10. The number of nitrogens with two attached hydrogens (primary N) is 1. The highest BCUT2D eigenvalue weighted by atomic mass is 32.1. The molecule has 1 rings (SSSR count). The summed E-state index contributed by atoms with van der Waals surface area (Å²) in [5, 5.41) is 0. The van der Waals surface area contributed by atoms with E-state index in [0.717, 1.165) is 37.6 Å². The lowest BCUT2D eigenvalue weighted by molar-refractivity contribution is 0.141. The van der Waals surface area contributed by atoms with Crippen molar-refractivity contribution in [2.45, 2.75) is 13.8 Å². The van der Waals surface area contributed by atoms with Crippen LogP contribution in [0.4, 0.5) is 5.69 Å². The lowest BCUT2D eigenvalue weighted by Gasteiger charge is -2.26. The van der Waals surface area contributed by atoms with Crippen molar-refractivity contribution in [2.24, 2.45) is 5.73 Å². The van der Waals surface area contributed by atoms with Gasteiger partial charge in [0.1, 0.15) is 4.99 Å². The van der Waals surface area contributed by atoms with Crippen LogP contribution in [0.3, 0.4) is 0 Å². The first kappa shape index (κ1) is 16.9. The smallest absolute Gasteiger partial charge is 0.106 e. The van der Waals surface area contributed by atoms with Crippen molar-refractivity contribution in [1.82, 2.24) is 0 Å². The van der Waals surface area contributed by atoms with Crippen LogP contribution < -0.4 is 10.6 Å². The van der Waals surface area contributed by atoms with Gasteiger partial charge in [-0.2, -0.15) is 0 Å². The molecule has 0 saturated heterocycles. The molecule has 0 bridgehead atoms. The maximum absolute atomic E-state index is 5.80. The standard InChI is InChI=1S/C15H24N2O2S/c1-3-18-11-9-17(10-12-19-4-2)14-8-6-5-7-13(14)15(16)20/h5-8H,3-4,9-12H2,1-2H3,(H2,16,20). The Labute approximate surface area is 126 Å². The van der Waals surface area contributed by atoms with Crippen molar-refractivity contribution < 1.29 is 9.47 Å². The third kappa shape index (κ3) is 5.45. The van der Waals surface area contributed by atoms with Gasteiger partial charge < -0.3 is 20.1 Å². The topological polar surface area (TPSA) is 47.7 Å². The summed E-state index contributed by atoms with van der Waals surface area (Å²) in [5.74, 6) is 0. The average molecular weight is 296 g/mol. The normalized spacial score (nSPS) is 10.5. The van der Waals surface area contributed by atoms with Gasteiger partial charge in [-0.15, -0.1) is 0 Å². The molecular weight excluding hydrogens is 272 g/mol. The maximum atomic E-state index is 5.80. The molecule has 0 heterocycles. The van der Waals surface area contributed by atoms with E-state index in [-0.39, 0.29) is 0 Å². The van der Waals surface area contributed by atoms with E-state index in [1.54, 1.807) is 0 Å². The van der Waals surface area contributed by atoms with Crippen LogP contribution in [0.5, 0.6) is 0 Å². The van der Waals surface area contributed by atoms with E-state index in [0.29, 0.717) is 18.2 Å². The van der Waals surface area contributed by atoms with Crippen molar-refractivity contribution in [2.75, 3.05) is 44.4 Å². The third-order valence-corrected chi connectivity index (χ3v) is 3.15. The Morgan fingerprint density at radius 1 is 1.10 bits per heavy atom. The Bertz CT molecular complexity index is 403. The van der Waals surface area contributed by atoms with E-state index in [1.807, 2.05) is 38.1 Å². The Balaban J connectivity index is 2.81. The zero-order valence-electron chi connectivity index (χ0n) is 12.3. The first-order valence-corrected chi connectivity index (χ1v) is 7.40. The summed E-state index contributed by atoms with van der Waals surface area (Å²) < 4.78 is 10.9. The van der Waals surface area contributed by atoms with Crippen LogP contribution in [0.2, 0.25) is 0 Å². The Kier molecular flexibility index (Phi) is 8.18. The number of para-hydroxylation sites is 1. The quantitative estimate of drug-likeness (QED) is 0.530. The number of ether oxygens (including phenoxy) is 2. The minimum Gasteiger partial charge on any atom is -0.389 e. The summed E-state index contributed by atoms with van der Waals surface area (Å²) in [6.07, 6.45) is 0. The summed E-state index contributed by atoms with van der Waals surface area (Å²) in [6, 6.07) is 7.92. The van der Waals surface area contributed by atoms with Crippen molar-refractivity contribution in [1.29, 1.82) is 0 Å². The highest BCUT2D eigenvalue weighted by Gasteiger charge is 2.12. The molecule has 0 saturated carbocycles. The third-order valence-electron chi connectivity index (χ3n) is 2.93. The SMILES string of the molecule is CCOCCN(CCOCC)c1ccccc1C(N)=S. The fourth-order valence-corrected chi connectivity index (χ4v) is 2.12. The number of nitrogens with zero attached hydrogens (tertiary/aromatic N) is 1. The van der Waals surface area contributed by atoms with Gasteiger partial charge in [-0.05, 0) is 26.0 Å². The molecule has 2 N–H and O–H groups in total. The van der Waals surface area contributed by atoms with Gasteiger partial charge in [0, 0.05) is 37.6 Å². The second-order valence-electron chi connectivity index (χ2n) is 4.26. The molecule has 112 valence electrons. The Hall–Kier alpha value is -1.17. The molecule has 0 spiro atoms. The van der Waals surface area contributed by atoms with Gasteiger partial charge in [-0.3, -0.25) is 0 Å². The van der Waals surface area contributed by atoms with Gasteiger partial charge in [0.2, 0.25) is 0 Å². The summed E-state index contributed by atoms with van der Waals surface area (Å²) in [7, 11) is 0. The number of anilines is 1. The van der Waals surface area contributed by atoms with Crippen LogP contribution >= 0.6 is 12.2 Å². The monoisotopic (exact) mass is 296 g/mol. The van der Waals surface area contributed by atoms with Crippen molar-refractivity contribution in [3.8, 4) is 0 Å². The number of benzene rings is 1. The van der Waals surface area contributed by atoms with Gasteiger partial charge in [-0.25, -0.2) is 0 Å². The molecule has 1 aromatic carbocycles. The molecule has 0 radical (unpaired) electrons. The summed E-state index contributed by atoms with van der Waals surface area (Å²) >= 11 is 5.13. The van der Waals surface area contributed by atoms with Crippen molar-refractivity contribution in [3.05, 3.63) is 29.8 Å². The van der Waals surface area contributed by atoms with Gasteiger partial charge in [-0.1, -0.05) is 24.4 Å².